The third-order valence-corrected chi connectivity index (χ3v) is 2.45. The number of furan rings is 1. The van der Waals surface area contributed by atoms with Gasteiger partial charge in [0.2, 0.25) is 0 Å². The Kier molecular flexibility index (Phi) is 3.92. The Balaban J connectivity index is 1.89. The van der Waals surface area contributed by atoms with Gasteiger partial charge in [-0.15, -0.1) is 0 Å². The molecule has 0 aliphatic carbocycles. The van der Waals surface area contributed by atoms with Crippen molar-refractivity contribution in [1.29, 1.82) is 0 Å². The van der Waals surface area contributed by atoms with Crippen molar-refractivity contribution >= 4 is 17.6 Å². The van der Waals surface area contributed by atoms with Crippen LogP contribution in [0.3, 0.4) is 0 Å². The molecule has 6 heteroatoms. The Morgan fingerprint density at radius 1 is 1.26 bits per heavy atom. The van der Waals surface area contributed by atoms with Crippen molar-refractivity contribution < 1.29 is 14.0 Å². The van der Waals surface area contributed by atoms with Crippen LogP contribution in [0, 0.1) is 6.92 Å². The number of rotatable bonds is 3. The maximum Gasteiger partial charge on any atom is 0.314 e. The summed E-state index contributed by atoms with van der Waals surface area (Å²) in [5, 5.41) is 4.90. The lowest BCUT2D eigenvalue weighted by molar-refractivity contribution is -0.136. The van der Waals surface area contributed by atoms with Crippen LogP contribution in [0.25, 0.3) is 0 Å². The lowest BCUT2D eigenvalue weighted by atomic mass is 10.3. The van der Waals surface area contributed by atoms with Crippen molar-refractivity contribution in [3.8, 4) is 0 Å². The standard InChI is InChI=1S/C13H13N3O3/c1-9-4-2-6-14-11(9)16-13(18)12(17)15-8-10-5-3-7-19-10/h2-7H,8H2,1H3,(H,15,17)(H,14,16,18). The van der Waals surface area contributed by atoms with E-state index in [1.54, 1.807) is 37.4 Å². The fourth-order valence-electron chi connectivity index (χ4n) is 1.44. The van der Waals surface area contributed by atoms with E-state index in [1.165, 1.54) is 6.26 Å². The van der Waals surface area contributed by atoms with Crippen LogP contribution in [0.15, 0.2) is 41.1 Å². The fourth-order valence-corrected chi connectivity index (χ4v) is 1.44. The zero-order valence-corrected chi connectivity index (χ0v) is 10.3. The van der Waals surface area contributed by atoms with Crippen LogP contribution in [-0.4, -0.2) is 16.8 Å². The highest BCUT2D eigenvalue weighted by molar-refractivity contribution is 6.39. The van der Waals surface area contributed by atoms with Crippen LogP contribution in [0.1, 0.15) is 11.3 Å². The maximum absolute atomic E-state index is 11.6. The maximum atomic E-state index is 11.6. The van der Waals surface area contributed by atoms with Gasteiger partial charge in [0, 0.05) is 6.20 Å². The monoisotopic (exact) mass is 259 g/mol. The minimum absolute atomic E-state index is 0.167. The molecule has 0 radical (unpaired) electrons. The number of amides is 2. The lowest BCUT2D eigenvalue weighted by Crippen LogP contribution is -2.35. The average molecular weight is 259 g/mol. The van der Waals surface area contributed by atoms with Gasteiger partial charge in [-0.2, -0.15) is 0 Å². The van der Waals surface area contributed by atoms with Gasteiger partial charge in [0.25, 0.3) is 0 Å². The largest absolute Gasteiger partial charge is 0.467 e. The topological polar surface area (TPSA) is 84.2 Å². The van der Waals surface area contributed by atoms with Gasteiger partial charge in [-0.05, 0) is 30.7 Å². The summed E-state index contributed by atoms with van der Waals surface area (Å²) < 4.78 is 5.04. The summed E-state index contributed by atoms with van der Waals surface area (Å²) in [7, 11) is 0. The van der Waals surface area contributed by atoms with Crippen molar-refractivity contribution in [3.05, 3.63) is 48.0 Å². The molecule has 98 valence electrons. The van der Waals surface area contributed by atoms with E-state index >= 15 is 0 Å². The van der Waals surface area contributed by atoms with E-state index in [9.17, 15) is 9.59 Å². The van der Waals surface area contributed by atoms with Crippen LogP contribution < -0.4 is 10.6 Å². The number of anilines is 1. The molecule has 0 saturated carbocycles. The van der Waals surface area contributed by atoms with Crippen LogP contribution in [0.4, 0.5) is 5.82 Å². The Morgan fingerprint density at radius 2 is 2.11 bits per heavy atom. The number of nitrogens with zero attached hydrogens (tertiary/aromatic N) is 1. The Hall–Kier alpha value is -2.63. The van der Waals surface area contributed by atoms with E-state index in [1.807, 2.05) is 0 Å². The predicted molar refractivity (Wildman–Crippen MR) is 68.2 cm³/mol. The van der Waals surface area contributed by atoms with E-state index in [4.69, 9.17) is 4.42 Å². The Morgan fingerprint density at radius 3 is 2.79 bits per heavy atom. The summed E-state index contributed by atoms with van der Waals surface area (Å²) in [4.78, 5) is 27.2. The lowest BCUT2D eigenvalue weighted by Gasteiger charge is -2.06. The minimum atomic E-state index is -0.756. The average Bonchev–Trinajstić information content (AvgIpc) is 2.91. The molecule has 0 aliphatic rings. The molecular formula is C13H13N3O3. The number of hydrogen-bond acceptors (Lipinski definition) is 4. The highest BCUT2D eigenvalue weighted by atomic mass is 16.3. The van der Waals surface area contributed by atoms with Crippen LogP contribution in [0.5, 0.6) is 0 Å². The first-order chi connectivity index (χ1) is 9.16. The van der Waals surface area contributed by atoms with E-state index in [0.29, 0.717) is 11.6 Å². The molecular weight excluding hydrogens is 246 g/mol. The summed E-state index contributed by atoms with van der Waals surface area (Å²) >= 11 is 0. The molecule has 0 aromatic carbocycles. The third-order valence-electron chi connectivity index (χ3n) is 2.45. The van der Waals surface area contributed by atoms with Gasteiger partial charge in [-0.25, -0.2) is 4.98 Å². The number of pyridine rings is 1. The highest BCUT2D eigenvalue weighted by Crippen LogP contribution is 2.08. The summed E-state index contributed by atoms with van der Waals surface area (Å²) in [6.07, 6.45) is 3.04. The predicted octanol–water partition coefficient (Wildman–Crippen LogP) is 1.24. The van der Waals surface area contributed by atoms with Gasteiger partial charge in [0.05, 0.1) is 12.8 Å². The van der Waals surface area contributed by atoms with Crippen molar-refractivity contribution in [1.82, 2.24) is 10.3 Å². The molecule has 0 aliphatic heterocycles. The van der Waals surface area contributed by atoms with Gasteiger partial charge in [0.1, 0.15) is 11.6 Å². The zero-order chi connectivity index (χ0) is 13.7. The van der Waals surface area contributed by atoms with Crippen molar-refractivity contribution in [3.63, 3.8) is 0 Å². The minimum Gasteiger partial charge on any atom is -0.467 e. The van der Waals surface area contributed by atoms with E-state index in [2.05, 4.69) is 15.6 Å². The molecule has 0 saturated heterocycles. The van der Waals surface area contributed by atoms with Crippen LogP contribution in [0.2, 0.25) is 0 Å². The van der Waals surface area contributed by atoms with Gasteiger partial charge in [0.15, 0.2) is 0 Å². The van der Waals surface area contributed by atoms with Crippen molar-refractivity contribution in [2.24, 2.45) is 0 Å². The molecule has 2 amide bonds. The second-order valence-corrected chi connectivity index (χ2v) is 3.89. The molecule has 2 rings (SSSR count). The number of aromatic nitrogens is 1. The summed E-state index contributed by atoms with van der Waals surface area (Å²) in [6, 6.07) is 6.96. The molecule has 2 aromatic rings. The molecule has 0 bridgehead atoms. The Bertz CT molecular complexity index is 579. The number of aryl methyl sites for hydroxylation is 1. The smallest absolute Gasteiger partial charge is 0.314 e. The Labute approximate surface area is 109 Å². The molecule has 0 unspecified atom stereocenters. The van der Waals surface area contributed by atoms with Crippen molar-refractivity contribution in [2.75, 3.05) is 5.32 Å². The summed E-state index contributed by atoms with van der Waals surface area (Å²) in [6.45, 7) is 1.96. The third kappa shape index (κ3) is 3.41. The number of carbonyl (C=O) groups excluding carboxylic acids is 2. The highest BCUT2D eigenvalue weighted by Gasteiger charge is 2.15. The SMILES string of the molecule is Cc1cccnc1NC(=O)C(=O)NCc1ccco1. The van der Waals surface area contributed by atoms with E-state index in [-0.39, 0.29) is 6.54 Å². The number of nitrogens with one attached hydrogen (secondary N) is 2. The number of carbonyl (C=O) groups is 2. The number of hydrogen-bond donors (Lipinski definition) is 2. The molecule has 2 N–H and O–H groups in total. The zero-order valence-electron chi connectivity index (χ0n) is 10.3. The molecule has 0 spiro atoms. The van der Waals surface area contributed by atoms with Crippen LogP contribution >= 0.6 is 0 Å². The van der Waals surface area contributed by atoms with Crippen LogP contribution in [-0.2, 0) is 16.1 Å². The van der Waals surface area contributed by atoms with Gasteiger partial charge in [-0.3, -0.25) is 9.59 Å². The first-order valence-corrected chi connectivity index (χ1v) is 5.70. The molecule has 6 nitrogen and oxygen atoms in total. The molecule has 2 heterocycles. The van der Waals surface area contributed by atoms with Crippen molar-refractivity contribution in [2.45, 2.75) is 13.5 Å². The van der Waals surface area contributed by atoms with Gasteiger partial charge in [-0.1, -0.05) is 6.07 Å². The quantitative estimate of drug-likeness (QED) is 0.812. The van der Waals surface area contributed by atoms with Gasteiger partial charge >= 0.3 is 11.8 Å². The van der Waals surface area contributed by atoms with E-state index < -0.39 is 11.8 Å². The molecule has 0 fully saturated rings. The molecule has 19 heavy (non-hydrogen) atoms. The first-order valence-electron chi connectivity index (χ1n) is 5.70. The second-order valence-electron chi connectivity index (χ2n) is 3.89. The van der Waals surface area contributed by atoms with Gasteiger partial charge < -0.3 is 15.1 Å². The normalized spacial score (nSPS) is 9.95. The second kappa shape index (κ2) is 5.81. The molecule has 2 aromatic heterocycles. The first kappa shape index (κ1) is 12.8. The summed E-state index contributed by atoms with van der Waals surface area (Å²) in [5.41, 5.74) is 0.787. The molecule has 0 atom stereocenters. The van der Waals surface area contributed by atoms with E-state index in [0.717, 1.165) is 5.56 Å². The fraction of sp³-hybridized carbons (Fsp3) is 0.154. The summed E-state index contributed by atoms with van der Waals surface area (Å²) in [5.74, 6) is -0.536.